The third kappa shape index (κ3) is 5.73. The zero-order valence-electron chi connectivity index (χ0n) is 28.5. The second kappa shape index (κ2) is 13.1. The van der Waals surface area contributed by atoms with Crippen LogP contribution in [0.25, 0.3) is 33.6 Å². The summed E-state index contributed by atoms with van der Waals surface area (Å²) in [6.07, 6.45) is 7.02. The molecule has 0 aliphatic carbocycles. The molecule has 12 nitrogen and oxygen atoms in total. The molecule has 3 aliphatic heterocycles. The summed E-state index contributed by atoms with van der Waals surface area (Å²) in [6, 6.07) is 9.34. The van der Waals surface area contributed by atoms with Crippen LogP contribution in [0, 0.1) is 0 Å². The van der Waals surface area contributed by atoms with Crippen LogP contribution in [0.15, 0.2) is 30.3 Å². The van der Waals surface area contributed by atoms with Crippen molar-refractivity contribution in [3.8, 4) is 17.3 Å². The van der Waals surface area contributed by atoms with Gasteiger partial charge in [0.15, 0.2) is 5.82 Å². The van der Waals surface area contributed by atoms with Gasteiger partial charge < -0.3 is 39.3 Å². The highest BCUT2D eigenvalue weighted by Gasteiger charge is 2.42. The Bertz CT molecular complexity index is 1840. The number of ether oxygens (including phenoxy) is 3. The van der Waals surface area contributed by atoms with E-state index in [1.165, 1.54) is 0 Å². The summed E-state index contributed by atoms with van der Waals surface area (Å²) in [5.74, 6) is 1.21. The van der Waals surface area contributed by atoms with Crippen LogP contribution in [0.1, 0.15) is 80.4 Å². The predicted molar refractivity (Wildman–Crippen MR) is 183 cm³/mol. The highest BCUT2D eigenvalue weighted by atomic mass is 16.5. The molecule has 0 unspecified atom stereocenters. The number of carbonyl (C=O) groups excluding carboxylic acids is 2. The SMILES string of the molecule is COc1cc(C(=O)N2CC[C@@H](OC)[C@@H](N)C2)cc2nc(-c3cc4ccc5nc4n3CCCCCC[C@]3(CCCO3)C(=O)N[C@@H]5C)n(C)c12. The van der Waals surface area contributed by atoms with Crippen molar-refractivity contribution in [2.45, 2.75) is 88.6 Å². The van der Waals surface area contributed by atoms with Crippen molar-refractivity contribution in [3.63, 3.8) is 0 Å². The van der Waals surface area contributed by atoms with Crippen LogP contribution in [0.4, 0.5) is 0 Å². The van der Waals surface area contributed by atoms with Gasteiger partial charge in [0.2, 0.25) is 0 Å². The van der Waals surface area contributed by atoms with Gasteiger partial charge in [0.1, 0.15) is 22.5 Å². The van der Waals surface area contributed by atoms with E-state index >= 15 is 0 Å². The van der Waals surface area contributed by atoms with Crippen molar-refractivity contribution >= 4 is 33.9 Å². The quantitative estimate of drug-likeness (QED) is 0.328. The number of piperidine rings is 1. The van der Waals surface area contributed by atoms with E-state index in [4.69, 9.17) is 29.9 Å². The van der Waals surface area contributed by atoms with Gasteiger partial charge in [0.25, 0.3) is 11.8 Å². The lowest BCUT2D eigenvalue weighted by molar-refractivity contribution is -0.143. The Hall–Kier alpha value is -4.00. The molecule has 48 heavy (non-hydrogen) atoms. The molecule has 6 heterocycles. The summed E-state index contributed by atoms with van der Waals surface area (Å²) in [6.45, 7) is 4.40. The fraction of sp³-hybridized carbons (Fsp3) is 0.556. The number of benzene rings is 1. The molecule has 3 N–H and O–H groups in total. The highest BCUT2D eigenvalue weighted by Crippen LogP contribution is 2.36. The topological polar surface area (TPSA) is 139 Å². The molecule has 256 valence electrons. The fourth-order valence-electron chi connectivity index (χ4n) is 7.86. The molecule has 1 aromatic carbocycles. The van der Waals surface area contributed by atoms with E-state index < -0.39 is 5.60 Å². The molecule has 4 atom stereocenters. The molecule has 3 aromatic heterocycles. The number of methoxy groups -OCH3 is 2. The van der Waals surface area contributed by atoms with Crippen LogP contribution in [0.3, 0.4) is 0 Å². The molecule has 2 saturated heterocycles. The van der Waals surface area contributed by atoms with Crippen molar-refractivity contribution < 1.29 is 23.8 Å². The first-order chi connectivity index (χ1) is 23.2. The number of amides is 2. The lowest BCUT2D eigenvalue weighted by Gasteiger charge is -2.36. The van der Waals surface area contributed by atoms with Gasteiger partial charge in [0, 0.05) is 57.4 Å². The Morgan fingerprint density at radius 3 is 2.62 bits per heavy atom. The minimum absolute atomic E-state index is 0.0312. The number of rotatable bonds is 4. The second-order valence-electron chi connectivity index (χ2n) is 13.7. The molecule has 1 spiro atoms. The summed E-state index contributed by atoms with van der Waals surface area (Å²) in [5, 5.41) is 4.22. The summed E-state index contributed by atoms with van der Waals surface area (Å²) in [5.41, 5.74) is 10.2. The fourth-order valence-corrected chi connectivity index (χ4v) is 7.86. The number of likely N-dealkylation sites (tertiary alicyclic amines) is 1. The number of carbonyl (C=O) groups is 2. The Morgan fingerprint density at radius 2 is 1.88 bits per heavy atom. The maximum absolute atomic E-state index is 13.7. The molecule has 3 aliphatic rings. The van der Waals surface area contributed by atoms with E-state index in [0.717, 1.165) is 85.3 Å². The number of imidazole rings is 1. The number of hydrogen-bond donors (Lipinski definition) is 2. The summed E-state index contributed by atoms with van der Waals surface area (Å²) < 4.78 is 21.7. The minimum Gasteiger partial charge on any atom is -0.494 e. The molecule has 4 aromatic rings. The third-order valence-corrected chi connectivity index (χ3v) is 10.6. The van der Waals surface area contributed by atoms with E-state index in [-0.39, 0.29) is 30.0 Å². The van der Waals surface area contributed by atoms with Crippen molar-refractivity contribution in [2.24, 2.45) is 12.8 Å². The first-order valence-corrected chi connectivity index (χ1v) is 17.3. The number of nitrogens with two attached hydrogens (primary N) is 1. The van der Waals surface area contributed by atoms with Crippen molar-refractivity contribution in [3.05, 3.63) is 41.6 Å². The van der Waals surface area contributed by atoms with E-state index in [1.807, 2.05) is 30.7 Å². The largest absolute Gasteiger partial charge is 0.494 e. The van der Waals surface area contributed by atoms with Gasteiger partial charge in [-0.1, -0.05) is 19.3 Å². The smallest absolute Gasteiger partial charge is 0.254 e. The molecule has 12 heteroatoms. The van der Waals surface area contributed by atoms with Gasteiger partial charge in [-0.15, -0.1) is 0 Å². The third-order valence-electron chi connectivity index (χ3n) is 10.6. The van der Waals surface area contributed by atoms with Gasteiger partial charge in [-0.2, -0.15) is 0 Å². The first-order valence-electron chi connectivity index (χ1n) is 17.3. The second-order valence-corrected chi connectivity index (χ2v) is 13.7. The van der Waals surface area contributed by atoms with Crippen LogP contribution < -0.4 is 15.8 Å². The van der Waals surface area contributed by atoms with Gasteiger partial charge in [-0.25, -0.2) is 9.97 Å². The maximum atomic E-state index is 13.7. The van der Waals surface area contributed by atoms with Crippen molar-refractivity contribution in [2.75, 3.05) is 33.9 Å². The summed E-state index contributed by atoms with van der Waals surface area (Å²) in [4.78, 5) is 39.2. The zero-order valence-corrected chi connectivity index (χ0v) is 28.5. The first kappa shape index (κ1) is 32.5. The lowest BCUT2D eigenvalue weighted by Crippen LogP contribution is -2.53. The molecule has 0 radical (unpaired) electrons. The number of pyridine rings is 1. The molecule has 2 bridgehead atoms. The average Bonchev–Trinajstić information content (AvgIpc) is 3.81. The number of aryl methyl sites for hydroxylation is 2. The van der Waals surface area contributed by atoms with Crippen LogP contribution in [-0.2, 0) is 27.9 Å². The minimum atomic E-state index is -0.727. The van der Waals surface area contributed by atoms with E-state index in [2.05, 4.69) is 22.0 Å². The molecular formula is C36H47N7O5. The van der Waals surface area contributed by atoms with Crippen molar-refractivity contribution in [1.82, 2.24) is 29.3 Å². The van der Waals surface area contributed by atoms with E-state index in [1.54, 1.807) is 25.2 Å². The van der Waals surface area contributed by atoms with Gasteiger partial charge >= 0.3 is 0 Å². The van der Waals surface area contributed by atoms with E-state index in [0.29, 0.717) is 42.9 Å². The Kier molecular flexibility index (Phi) is 8.90. The van der Waals surface area contributed by atoms with E-state index in [9.17, 15) is 9.59 Å². The monoisotopic (exact) mass is 657 g/mol. The number of aromatic nitrogens is 4. The van der Waals surface area contributed by atoms with Crippen LogP contribution in [-0.4, -0.2) is 87.5 Å². The Morgan fingerprint density at radius 1 is 1.06 bits per heavy atom. The number of fused-ring (bicyclic) bond motifs is 2. The molecule has 7 rings (SSSR count). The van der Waals surface area contributed by atoms with Crippen LogP contribution in [0.5, 0.6) is 5.75 Å². The highest BCUT2D eigenvalue weighted by molar-refractivity contribution is 6.00. The van der Waals surface area contributed by atoms with Gasteiger partial charge in [0.05, 0.1) is 36.2 Å². The molecular weight excluding hydrogens is 610 g/mol. The van der Waals surface area contributed by atoms with Crippen LogP contribution in [0.2, 0.25) is 0 Å². The molecule has 0 saturated carbocycles. The maximum Gasteiger partial charge on any atom is 0.254 e. The summed E-state index contributed by atoms with van der Waals surface area (Å²) >= 11 is 0. The predicted octanol–water partition coefficient (Wildman–Crippen LogP) is 4.48. The number of nitrogens with zero attached hydrogens (tertiary/aromatic N) is 5. The zero-order chi connectivity index (χ0) is 33.6. The van der Waals surface area contributed by atoms with Gasteiger partial charge in [-0.05, 0) is 69.4 Å². The van der Waals surface area contributed by atoms with Crippen LogP contribution >= 0.6 is 0 Å². The Labute approximate surface area is 280 Å². The standard InChI is InChI=1S/C36H47N7O5/c1-22-26-11-10-23-19-28(43(32(23)39-26)15-8-6-5-7-13-36(35(45)38-22)14-9-17-48-36)33-40-27-18-24(20-30(47-4)31(27)41(33)2)34(44)42-16-12-29(46-3)25(37)21-42/h10-11,18-20,22,25,29H,5-9,12-17,21,37H2,1-4H3,(H,38,45)/t22-,25+,29-,36+/m1/s1. The Balaban J connectivity index is 1.26. The van der Waals surface area contributed by atoms with Crippen molar-refractivity contribution in [1.29, 1.82) is 0 Å². The molecule has 2 amide bonds. The van der Waals surface area contributed by atoms with Gasteiger partial charge in [-0.3, -0.25) is 9.59 Å². The molecule has 2 fully saturated rings. The number of hydrogen-bond acceptors (Lipinski definition) is 8. The average molecular weight is 658 g/mol. The lowest BCUT2D eigenvalue weighted by atomic mass is 9.91. The number of nitrogens with one attached hydrogen (secondary N) is 1. The normalized spacial score (nSPS) is 25.6. The summed E-state index contributed by atoms with van der Waals surface area (Å²) in [7, 11) is 5.26.